The van der Waals surface area contributed by atoms with Gasteiger partial charge in [0.05, 0.1) is 0 Å². The molecule has 0 unspecified atom stereocenters. The number of nitrogens with zero attached hydrogens (tertiary/aromatic N) is 1. The summed E-state index contributed by atoms with van der Waals surface area (Å²) >= 11 is 0. The molecule has 1 aromatic heterocycles. The van der Waals surface area contributed by atoms with Gasteiger partial charge in [0.1, 0.15) is 0 Å². The Morgan fingerprint density at radius 3 is 2.73 bits per heavy atom. The van der Waals surface area contributed by atoms with E-state index in [4.69, 9.17) is 4.74 Å². The maximum Gasteiger partial charge on any atom is 0.410 e. The molecule has 2 N–H and O–H groups in total. The van der Waals surface area contributed by atoms with Gasteiger partial charge < -0.3 is 9.84 Å². The molecule has 1 fully saturated rings. The first-order valence-electron chi connectivity index (χ1n) is 4.60. The molecular weight excluding hydrogens is 196 g/mol. The molecule has 1 aliphatic heterocycles. The van der Waals surface area contributed by atoms with Crippen molar-refractivity contribution in [3.8, 4) is 0 Å². The molecule has 5 nitrogen and oxygen atoms in total. The first kappa shape index (κ1) is 9.92. The highest BCUT2D eigenvalue weighted by Crippen LogP contribution is 2.38. The summed E-state index contributed by atoms with van der Waals surface area (Å²) in [4.78, 5) is 15.1. The lowest BCUT2D eigenvalue weighted by Crippen LogP contribution is -2.51. The van der Waals surface area contributed by atoms with Crippen LogP contribution in [-0.4, -0.2) is 21.9 Å². The molecule has 2 heterocycles. The van der Waals surface area contributed by atoms with Crippen molar-refractivity contribution >= 4 is 6.09 Å². The Kier molecular flexibility index (Phi) is 1.94. The van der Waals surface area contributed by atoms with Gasteiger partial charge in [-0.1, -0.05) is 6.07 Å². The summed E-state index contributed by atoms with van der Waals surface area (Å²) in [5.41, 5.74) is -1.90. The van der Waals surface area contributed by atoms with Crippen LogP contribution in [0.25, 0.3) is 0 Å². The van der Waals surface area contributed by atoms with E-state index in [1.165, 1.54) is 6.92 Å². The summed E-state index contributed by atoms with van der Waals surface area (Å²) in [5, 5.41) is 12.4. The van der Waals surface area contributed by atoms with Gasteiger partial charge in [0.15, 0.2) is 11.3 Å². The summed E-state index contributed by atoms with van der Waals surface area (Å²) < 4.78 is 5.11. The predicted octanol–water partition coefficient (Wildman–Crippen LogP) is 0.745. The molecule has 0 aromatic carbocycles. The molecule has 0 bridgehead atoms. The standard InChI is InChI=1S/C10H12N2O3/c1-9(7-4-3-5-11-6-7)10(2,14)12-8(13)15-9/h3-6,14H,1-2H3,(H,12,13)/t9-,10+/m1/s1. The van der Waals surface area contributed by atoms with Crippen molar-refractivity contribution < 1.29 is 14.6 Å². The van der Waals surface area contributed by atoms with Crippen LogP contribution in [0.1, 0.15) is 19.4 Å². The molecule has 1 amide bonds. The van der Waals surface area contributed by atoms with Crippen LogP contribution in [0.3, 0.4) is 0 Å². The Balaban J connectivity index is 2.47. The SMILES string of the molecule is C[C@@]1(O)NC(=O)O[C@]1(C)c1cccnc1. The third kappa shape index (κ3) is 1.35. The molecule has 1 aliphatic rings. The van der Waals surface area contributed by atoms with Gasteiger partial charge in [-0.05, 0) is 19.9 Å². The number of ether oxygens (including phenoxy) is 1. The van der Waals surface area contributed by atoms with Crippen molar-refractivity contribution in [3.63, 3.8) is 0 Å². The third-order valence-electron chi connectivity index (χ3n) is 2.78. The normalized spacial score (nSPS) is 34.7. The zero-order chi connectivity index (χ0) is 11.1. The molecule has 2 rings (SSSR count). The monoisotopic (exact) mass is 208 g/mol. The quantitative estimate of drug-likeness (QED) is 0.714. The molecule has 0 radical (unpaired) electrons. The van der Waals surface area contributed by atoms with Crippen molar-refractivity contribution in [3.05, 3.63) is 30.1 Å². The van der Waals surface area contributed by atoms with Crippen LogP contribution in [0.5, 0.6) is 0 Å². The van der Waals surface area contributed by atoms with Crippen LogP contribution in [0, 0.1) is 0 Å². The second kappa shape index (κ2) is 2.93. The fourth-order valence-electron chi connectivity index (χ4n) is 1.61. The Hall–Kier alpha value is -1.62. The number of cyclic esters (lactones) is 1. The Labute approximate surface area is 87.1 Å². The summed E-state index contributed by atoms with van der Waals surface area (Å²) in [6.45, 7) is 3.13. The first-order chi connectivity index (χ1) is 6.96. The average Bonchev–Trinajstić information content (AvgIpc) is 2.38. The minimum absolute atomic E-state index is 0.633. The number of hydrogen-bond acceptors (Lipinski definition) is 4. The predicted molar refractivity (Wildman–Crippen MR) is 51.8 cm³/mol. The number of alkyl carbamates (subject to hydrolysis) is 1. The van der Waals surface area contributed by atoms with Gasteiger partial charge in [-0.3, -0.25) is 10.3 Å². The number of aromatic nitrogens is 1. The third-order valence-corrected chi connectivity index (χ3v) is 2.78. The van der Waals surface area contributed by atoms with Gasteiger partial charge in [0.2, 0.25) is 0 Å². The highest BCUT2D eigenvalue weighted by molar-refractivity contribution is 5.72. The van der Waals surface area contributed by atoms with Crippen LogP contribution >= 0.6 is 0 Å². The van der Waals surface area contributed by atoms with Gasteiger partial charge in [-0.15, -0.1) is 0 Å². The zero-order valence-corrected chi connectivity index (χ0v) is 8.52. The molecule has 5 heteroatoms. The van der Waals surface area contributed by atoms with E-state index in [1.807, 2.05) is 0 Å². The fraction of sp³-hybridized carbons (Fsp3) is 0.400. The molecular formula is C10H12N2O3. The number of carbonyl (C=O) groups excluding carboxylic acids is 1. The number of nitrogens with one attached hydrogen (secondary N) is 1. The minimum Gasteiger partial charge on any atom is -0.433 e. The Bertz CT molecular complexity index is 391. The van der Waals surface area contributed by atoms with Crippen LogP contribution in [0.2, 0.25) is 0 Å². The molecule has 0 aliphatic carbocycles. The van der Waals surface area contributed by atoms with E-state index in [-0.39, 0.29) is 0 Å². The Morgan fingerprint density at radius 2 is 2.27 bits per heavy atom. The summed E-state index contributed by atoms with van der Waals surface area (Å²) in [6.07, 6.45) is 2.55. The topological polar surface area (TPSA) is 71.5 Å². The summed E-state index contributed by atoms with van der Waals surface area (Å²) in [6, 6.07) is 3.48. The van der Waals surface area contributed by atoms with Crippen molar-refractivity contribution in [1.82, 2.24) is 10.3 Å². The molecule has 80 valence electrons. The molecule has 1 aromatic rings. The van der Waals surface area contributed by atoms with Gasteiger partial charge in [0, 0.05) is 18.0 Å². The summed E-state index contributed by atoms with van der Waals surface area (Å²) in [5.74, 6) is 0. The van der Waals surface area contributed by atoms with E-state index in [0.29, 0.717) is 5.56 Å². The van der Waals surface area contributed by atoms with E-state index in [9.17, 15) is 9.90 Å². The van der Waals surface area contributed by atoms with Gasteiger partial charge >= 0.3 is 6.09 Å². The lowest BCUT2D eigenvalue weighted by molar-refractivity contribution is -0.0990. The van der Waals surface area contributed by atoms with Crippen LogP contribution in [0.4, 0.5) is 4.79 Å². The van der Waals surface area contributed by atoms with Crippen molar-refractivity contribution in [1.29, 1.82) is 0 Å². The molecule has 15 heavy (non-hydrogen) atoms. The van der Waals surface area contributed by atoms with Gasteiger partial charge in [0.25, 0.3) is 0 Å². The molecule has 2 atom stereocenters. The van der Waals surface area contributed by atoms with Crippen molar-refractivity contribution in [2.45, 2.75) is 25.2 Å². The number of pyridine rings is 1. The van der Waals surface area contributed by atoms with Crippen LogP contribution in [-0.2, 0) is 10.3 Å². The Morgan fingerprint density at radius 1 is 1.53 bits per heavy atom. The first-order valence-corrected chi connectivity index (χ1v) is 4.60. The second-order valence-corrected chi connectivity index (χ2v) is 3.86. The highest BCUT2D eigenvalue weighted by atomic mass is 16.6. The smallest absolute Gasteiger partial charge is 0.410 e. The molecule has 0 spiro atoms. The number of aliphatic hydroxyl groups is 1. The highest BCUT2D eigenvalue weighted by Gasteiger charge is 2.55. The van der Waals surface area contributed by atoms with E-state index >= 15 is 0 Å². The van der Waals surface area contributed by atoms with Crippen molar-refractivity contribution in [2.24, 2.45) is 0 Å². The average molecular weight is 208 g/mol. The van der Waals surface area contributed by atoms with E-state index < -0.39 is 17.4 Å². The van der Waals surface area contributed by atoms with E-state index in [2.05, 4.69) is 10.3 Å². The lowest BCUT2D eigenvalue weighted by atomic mass is 9.88. The maximum absolute atomic E-state index is 11.1. The number of rotatable bonds is 1. The van der Waals surface area contributed by atoms with Gasteiger partial charge in [-0.2, -0.15) is 0 Å². The largest absolute Gasteiger partial charge is 0.433 e. The fourth-order valence-corrected chi connectivity index (χ4v) is 1.61. The van der Waals surface area contributed by atoms with E-state index in [0.717, 1.165) is 0 Å². The second-order valence-electron chi connectivity index (χ2n) is 3.86. The number of amides is 1. The van der Waals surface area contributed by atoms with Crippen LogP contribution in [0.15, 0.2) is 24.5 Å². The number of hydrogen-bond donors (Lipinski definition) is 2. The van der Waals surface area contributed by atoms with Crippen LogP contribution < -0.4 is 5.32 Å². The van der Waals surface area contributed by atoms with Gasteiger partial charge in [-0.25, -0.2) is 4.79 Å². The molecule has 1 saturated heterocycles. The minimum atomic E-state index is -1.44. The zero-order valence-electron chi connectivity index (χ0n) is 8.52. The number of carbonyl (C=O) groups is 1. The maximum atomic E-state index is 11.1. The molecule has 0 saturated carbocycles. The lowest BCUT2D eigenvalue weighted by Gasteiger charge is -2.32. The van der Waals surface area contributed by atoms with Crippen molar-refractivity contribution in [2.75, 3.05) is 0 Å². The summed E-state index contributed by atoms with van der Waals surface area (Å²) in [7, 11) is 0. The van der Waals surface area contributed by atoms with E-state index in [1.54, 1.807) is 31.5 Å².